The van der Waals surface area contributed by atoms with Crippen LogP contribution in [0, 0.1) is 13.8 Å². The van der Waals surface area contributed by atoms with Crippen molar-refractivity contribution >= 4 is 33.0 Å². The van der Waals surface area contributed by atoms with E-state index in [1.165, 1.54) is 16.2 Å². The van der Waals surface area contributed by atoms with Crippen LogP contribution >= 0.6 is 27.3 Å². The second kappa shape index (κ2) is 4.14. The van der Waals surface area contributed by atoms with Gasteiger partial charge in [0.2, 0.25) is 5.78 Å². The maximum absolute atomic E-state index is 12.2. The fourth-order valence-corrected chi connectivity index (χ4v) is 2.97. The lowest BCUT2D eigenvalue weighted by Crippen LogP contribution is -2.07. The molecular formula is C11H11BrN2OS. The minimum Gasteiger partial charge on any atom is -0.286 e. The van der Waals surface area contributed by atoms with Crippen LogP contribution in [0.1, 0.15) is 25.8 Å². The van der Waals surface area contributed by atoms with Gasteiger partial charge < -0.3 is 0 Å². The van der Waals surface area contributed by atoms with Crippen molar-refractivity contribution in [3.05, 3.63) is 37.7 Å². The Balaban J connectivity index is 2.47. The Bertz CT molecular complexity index is 517. The molecule has 0 saturated heterocycles. The third-order valence-corrected chi connectivity index (χ3v) is 4.23. The molecule has 0 fully saturated rings. The van der Waals surface area contributed by atoms with Crippen molar-refractivity contribution < 1.29 is 4.79 Å². The van der Waals surface area contributed by atoms with Crippen molar-refractivity contribution in [1.29, 1.82) is 0 Å². The number of aromatic nitrogens is 2. The summed E-state index contributed by atoms with van der Waals surface area (Å²) >= 11 is 4.87. The Hall–Kier alpha value is -0.940. The van der Waals surface area contributed by atoms with Crippen LogP contribution in [0.4, 0.5) is 0 Å². The molecule has 16 heavy (non-hydrogen) atoms. The van der Waals surface area contributed by atoms with Gasteiger partial charge in [-0.15, -0.1) is 11.3 Å². The molecule has 0 unspecified atom stereocenters. The van der Waals surface area contributed by atoms with Crippen LogP contribution in [0.25, 0.3) is 0 Å². The van der Waals surface area contributed by atoms with Gasteiger partial charge in [-0.25, -0.2) is 0 Å². The van der Waals surface area contributed by atoms with Crippen molar-refractivity contribution in [2.75, 3.05) is 0 Å². The van der Waals surface area contributed by atoms with Crippen LogP contribution in [0.15, 0.2) is 16.7 Å². The molecule has 0 aliphatic heterocycles. The molecule has 0 aliphatic rings. The van der Waals surface area contributed by atoms with E-state index in [9.17, 15) is 4.79 Å². The van der Waals surface area contributed by atoms with E-state index in [4.69, 9.17) is 0 Å². The van der Waals surface area contributed by atoms with E-state index in [-0.39, 0.29) is 5.78 Å². The molecule has 0 bridgehead atoms. The predicted molar refractivity (Wildman–Crippen MR) is 68.1 cm³/mol. The average Bonchev–Trinajstić information content (AvgIpc) is 2.72. The first kappa shape index (κ1) is 11.5. The van der Waals surface area contributed by atoms with Crippen molar-refractivity contribution in [2.45, 2.75) is 13.8 Å². The molecule has 5 heteroatoms. The molecule has 0 aliphatic carbocycles. The summed E-state index contributed by atoms with van der Waals surface area (Å²) in [4.78, 5) is 14.2. The smallest absolute Gasteiger partial charge is 0.222 e. The Labute approximate surface area is 106 Å². The average molecular weight is 299 g/mol. The highest BCUT2D eigenvalue weighted by molar-refractivity contribution is 9.10. The van der Waals surface area contributed by atoms with Gasteiger partial charge in [-0.05, 0) is 41.4 Å². The number of aryl methyl sites for hydroxylation is 3. The van der Waals surface area contributed by atoms with E-state index in [2.05, 4.69) is 21.0 Å². The summed E-state index contributed by atoms with van der Waals surface area (Å²) in [5.74, 6) is 0.0214. The van der Waals surface area contributed by atoms with Crippen molar-refractivity contribution in [3.63, 3.8) is 0 Å². The lowest BCUT2D eigenvalue weighted by atomic mass is 10.2. The molecule has 2 aromatic heterocycles. The van der Waals surface area contributed by atoms with Crippen LogP contribution in [0.2, 0.25) is 0 Å². The molecule has 0 N–H and O–H groups in total. The molecule has 0 aromatic carbocycles. The summed E-state index contributed by atoms with van der Waals surface area (Å²) < 4.78 is 2.33. The highest BCUT2D eigenvalue weighted by Gasteiger charge is 2.19. The van der Waals surface area contributed by atoms with E-state index in [1.807, 2.05) is 19.9 Å². The Kier molecular flexibility index (Phi) is 2.99. The fourth-order valence-electron chi connectivity index (χ4n) is 1.47. The quantitative estimate of drug-likeness (QED) is 0.799. The monoisotopic (exact) mass is 298 g/mol. The van der Waals surface area contributed by atoms with Gasteiger partial charge in [-0.3, -0.25) is 9.48 Å². The Morgan fingerprint density at radius 1 is 1.50 bits per heavy atom. The number of nitrogens with zero attached hydrogens (tertiary/aromatic N) is 2. The second-order valence-electron chi connectivity index (χ2n) is 3.64. The van der Waals surface area contributed by atoms with E-state index in [0.29, 0.717) is 5.69 Å². The normalized spacial score (nSPS) is 10.8. The molecular weight excluding hydrogens is 288 g/mol. The second-order valence-corrected chi connectivity index (χ2v) is 5.75. The van der Waals surface area contributed by atoms with Crippen molar-refractivity contribution in [2.24, 2.45) is 7.05 Å². The molecule has 2 aromatic rings. The molecule has 2 heterocycles. The van der Waals surface area contributed by atoms with Gasteiger partial charge >= 0.3 is 0 Å². The van der Waals surface area contributed by atoms with Gasteiger partial charge in [0.1, 0.15) is 5.69 Å². The number of rotatable bonds is 2. The molecule has 0 radical (unpaired) electrons. The van der Waals surface area contributed by atoms with Crippen LogP contribution < -0.4 is 0 Å². The number of carbonyl (C=O) groups excluding carboxylic acids is 1. The highest BCUT2D eigenvalue weighted by Crippen LogP contribution is 2.26. The van der Waals surface area contributed by atoms with Crippen LogP contribution in [-0.2, 0) is 7.05 Å². The number of hydrogen-bond acceptors (Lipinski definition) is 3. The van der Waals surface area contributed by atoms with Gasteiger partial charge in [0.15, 0.2) is 0 Å². The zero-order valence-electron chi connectivity index (χ0n) is 9.24. The minimum absolute atomic E-state index is 0.0214. The molecule has 0 atom stereocenters. The number of thiophene rings is 1. The summed E-state index contributed by atoms with van der Waals surface area (Å²) in [7, 11) is 1.77. The zero-order chi connectivity index (χ0) is 11.9. The van der Waals surface area contributed by atoms with Crippen molar-refractivity contribution in [3.8, 4) is 0 Å². The molecule has 3 nitrogen and oxygen atoms in total. The first-order valence-electron chi connectivity index (χ1n) is 4.80. The van der Waals surface area contributed by atoms with Crippen molar-refractivity contribution in [1.82, 2.24) is 9.78 Å². The third kappa shape index (κ3) is 1.85. The van der Waals surface area contributed by atoms with Crippen LogP contribution in [-0.4, -0.2) is 15.6 Å². The first-order valence-corrected chi connectivity index (χ1v) is 6.41. The fraction of sp³-hybridized carbons (Fsp3) is 0.273. The van der Waals surface area contributed by atoms with Gasteiger partial charge in [0, 0.05) is 11.9 Å². The summed E-state index contributed by atoms with van der Waals surface area (Å²) in [6, 6.07) is 1.93. The zero-order valence-corrected chi connectivity index (χ0v) is 11.6. The minimum atomic E-state index is 0.0214. The number of ketones is 1. The number of halogens is 1. The molecule has 0 spiro atoms. The Morgan fingerprint density at radius 3 is 2.62 bits per heavy atom. The Morgan fingerprint density at radius 2 is 2.19 bits per heavy atom. The first-order chi connectivity index (χ1) is 7.50. The standard InChI is InChI=1S/C11H11BrN2OS/c1-6-4-9(16-7(6)2)11(15)10-8(12)5-13-14(10)3/h4-5H,1-3H3. The van der Waals surface area contributed by atoms with Gasteiger partial charge in [0.25, 0.3) is 0 Å². The lowest BCUT2D eigenvalue weighted by molar-refractivity contribution is 0.103. The molecule has 0 saturated carbocycles. The third-order valence-electron chi connectivity index (χ3n) is 2.50. The maximum Gasteiger partial charge on any atom is 0.222 e. The van der Waals surface area contributed by atoms with E-state index >= 15 is 0 Å². The maximum atomic E-state index is 12.2. The van der Waals surface area contributed by atoms with E-state index in [0.717, 1.165) is 14.9 Å². The summed E-state index contributed by atoms with van der Waals surface area (Å²) in [6.45, 7) is 4.04. The summed E-state index contributed by atoms with van der Waals surface area (Å²) in [5, 5.41) is 4.05. The van der Waals surface area contributed by atoms with Gasteiger partial charge in [0.05, 0.1) is 15.5 Å². The molecule has 0 amide bonds. The van der Waals surface area contributed by atoms with E-state index < -0.39 is 0 Å². The SMILES string of the molecule is Cc1cc(C(=O)c2c(Br)cnn2C)sc1C. The van der Waals surface area contributed by atoms with Crippen LogP contribution in [0.3, 0.4) is 0 Å². The lowest BCUT2D eigenvalue weighted by Gasteiger charge is -1.99. The van der Waals surface area contributed by atoms with Gasteiger partial charge in [-0.2, -0.15) is 5.10 Å². The predicted octanol–water partition coefficient (Wildman–Crippen LogP) is 3.09. The van der Waals surface area contributed by atoms with E-state index in [1.54, 1.807) is 17.9 Å². The number of hydrogen-bond donors (Lipinski definition) is 0. The highest BCUT2D eigenvalue weighted by atomic mass is 79.9. The van der Waals surface area contributed by atoms with Crippen LogP contribution in [0.5, 0.6) is 0 Å². The summed E-state index contributed by atoms with van der Waals surface area (Å²) in [6.07, 6.45) is 1.64. The molecule has 84 valence electrons. The topological polar surface area (TPSA) is 34.9 Å². The largest absolute Gasteiger partial charge is 0.286 e. The number of carbonyl (C=O) groups is 1. The molecule has 2 rings (SSSR count). The summed E-state index contributed by atoms with van der Waals surface area (Å²) in [5.41, 5.74) is 1.76. The van der Waals surface area contributed by atoms with Gasteiger partial charge in [-0.1, -0.05) is 0 Å².